The summed E-state index contributed by atoms with van der Waals surface area (Å²) in [4.78, 5) is 0. The molecule has 1 aliphatic rings. The van der Waals surface area contributed by atoms with Crippen LogP contribution in [0.4, 0.5) is 0 Å². The second kappa shape index (κ2) is 6.53. The van der Waals surface area contributed by atoms with E-state index in [1.807, 2.05) is 30.3 Å². The standard InChI is InChI=1S/C20H24O2/c1-4-16(13-20-15(3)21-20)19-11-10-18(12-14(19)2)22-17-8-6-5-7-9-17/h5-12,15-16,20H,4,13H2,1-3H3. The predicted octanol–water partition coefficient (Wildman–Crippen LogP) is 5.46. The Morgan fingerprint density at radius 3 is 2.41 bits per heavy atom. The first kappa shape index (κ1) is 15.1. The van der Waals surface area contributed by atoms with Crippen LogP contribution in [0.5, 0.6) is 11.5 Å². The number of rotatable bonds is 6. The summed E-state index contributed by atoms with van der Waals surface area (Å²) in [6, 6.07) is 16.4. The van der Waals surface area contributed by atoms with Crippen molar-refractivity contribution in [2.24, 2.45) is 0 Å². The zero-order valence-corrected chi connectivity index (χ0v) is 13.6. The second-order valence-corrected chi connectivity index (χ2v) is 6.15. The Kier molecular flexibility index (Phi) is 4.49. The molecule has 2 nitrogen and oxygen atoms in total. The smallest absolute Gasteiger partial charge is 0.127 e. The van der Waals surface area contributed by atoms with Crippen LogP contribution in [-0.2, 0) is 4.74 Å². The molecule has 0 radical (unpaired) electrons. The van der Waals surface area contributed by atoms with E-state index in [1.165, 1.54) is 11.1 Å². The van der Waals surface area contributed by atoms with Crippen LogP contribution >= 0.6 is 0 Å². The molecule has 3 unspecified atom stereocenters. The normalized spacial score (nSPS) is 21.4. The lowest BCUT2D eigenvalue weighted by molar-refractivity contribution is 0.357. The van der Waals surface area contributed by atoms with Crippen LogP contribution in [0.15, 0.2) is 48.5 Å². The monoisotopic (exact) mass is 296 g/mol. The molecule has 1 fully saturated rings. The van der Waals surface area contributed by atoms with Gasteiger partial charge in [-0.1, -0.05) is 31.2 Å². The van der Waals surface area contributed by atoms with Crippen LogP contribution in [0, 0.1) is 6.92 Å². The first-order valence-electron chi connectivity index (χ1n) is 8.16. The number of aryl methyl sites for hydroxylation is 1. The Hall–Kier alpha value is -1.80. The van der Waals surface area contributed by atoms with E-state index in [9.17, 15) is 0 Å². The summed E-state index contributed by atoms with van der Waals surface area (Å²) in [7, 11) is 0. The van der Waals surface area contributed by atoms with Crippen LogP contribution in [0.2, 0.25) is 0 Å². The van der Waals surface area contributed by atoms with Crippen LogP contribution in [0.1, 0.15) is 43.7 Å². The summed E-state index contributed by atoms with van der Waals surface area (Å²) in [6.45, 7) is 6.58. The summed E-state index contributed by atoms with van der Waals surface area (Å²) in [5, 5.41) is 0. The van der Waals surface area contributed by atoms with E-state index in [4.69, 9.17) is 9.47 Å². The van der Waals surface area contributed by atoms with Crippen LogP contribution in [-0.4, -0.2) is 12.2 Å². The van der Waals surface area contributed by atoms with Gasteiger partial charge in [-0.15, -0.1) is 0 Å². The lowest BCUT2D eigenvalue weighted by atomic mass is 9.88. The molecular formula is C20H24O2. The highest BCUT2D eigenvalue weighted by atomic mass is 16.6. The van der Waals surface area contributed by atoms with Gasteiger partial charge >= 0.3 is 0 Å². The molecule has 2 aromatic carbocycles. The molecule has 0 saturated carbocycles. The highest BCUT2D eigenvalue weighted by molar-refractivity contribution is 5.39. The van der Waals surface area contributed by atoms with Crippen molar-refractivity contribution in [3.05, 3.63) is 59.7 Å². The Bertz CT molecular complexity index is 621. The van der Waals surface area contributed by atoms with Crippen molar-refractivity contribution >= 4 is 0 Å². The molecule has 1 saturated heterocycles. The van der Waals surface area contributed by atoms with Gasteiger partial charge in [0.15, 0.2) is 0 Å². The minimum atomic E-state index is 0.440. The second-order valence-electron chi connectivity index (χ2n) is 6.15. The Balaban J connectivity index is 1.73. The fraction of sp³-hybridized carbons (Fsp3) is 0.400. The molecule has 0 aliphatic carbocycles. The van der Waals surface area contributed by atoms with Gasteiger partial charge in [0.1, 0.15) is 11.5 Å². The third-order valence-corrected chi connectivity index (χ3v) is 4.51. The zero-order chi connectivity index (χ0) is 15.5. The minimum Gasteiger partial charge on any atom is -0.457 e. The molecule has 1 heterocycles. The van der Waals surface area contributed by atoms with Crippen molar-refractivity contribution < 1.29 is 9.47 Å². The molecule has 22 heavy (non-hydrogen) atoms. The van der Waals surface area contributed by atoms with Gasteiger partial charge in [0, 0.05) is 0 Å². The molecule has 0 N–H and O–H groups in total. The van der Waals surface area contributed by atoms with Gasteiger partial charge in [-0.2, -0.15) is 0 Å². The molecule has 3 atom stereocenters. The first-order chi connectivity index (χ1) is 10.7. The number of ether oxygens (including phenoxy) is 2. The molecule has 0 bridgehead atoms. The quantitative estimate of drug-likeness (QED) is 0.660. The Morgan fingerprint density at radius 2 is 1.82 bits per heavy atom. The number of hydrogen-bond donors (Lipinski definition) is 0. The largest absolute Gasteiger partial charge is 0.457 e. The average Bonchev–Trinajstić information content (AvgIpc) is 3.22. The Labute approximate surface area is 133 Å². The van der Waals surface area contributed by atoms with Crippen molar-refractivity contribution in [3.63, 3.8) is 0 Å². The molecular weight excluding hydrogens is 272 g/mol. The molecule has 116 valence electrons. The Morgan fingerprint density at radius 1 is 1.09 bits per heavy atom. The number of para-hydroxylation sites is 1. The van der Waals surface area contributed by atoms with Crippen LogP contribution in [0.25, 0.3) is 0 Å². The maximum absolute atomic E-state index is 5.91. The topological polar surface area (TPSA) is 21.8 Å². The fourth-order valence-electron chi connectivity index (χ4n) is 3.07. The molecule has 0 spiro atoms. The van der Waals surface area contributed by atoms with Gasteiger partial charge in [-0.05, 0) is 68.0 Å². The molecule has 3 rings (SSSR count). The van der Waals surface area contributed by atoms with E-state index < -0.39 is 0 Å². The summed E-state index contributed by atoms with van der Waals surface area (Å²) in [5.74, 6) is 2.35. The van der Waals surface area contributed by atoms with E-state index in [0.717, 1.165) is 24.3 Å². The predicted molar refractivity (Wildman–Crippen MR) is 89.7 cm³/mol. The summed E-state index contributed by atoms with van der Waals surface area (Å²) < 4.78 is 11.5. The van der Waals surface area contributed by atoms with Gasteiger partial charge in [0.2, 0.25) is 0 Å². The van der Waals surface area contributed by atoms with Gasteiger partial charge in [0.05, 0.1) is 12.2 Å². The lowest BCUT2D eigenvalue weighted by Gasteiger charge is -2.18. The SMILES string of the molecule is CCC(CC1OC1C)c1ccc(Oc2ccccc2)cc1C. The van der Waals surface area contributed by atoms with Gasteiger partial charge in [-0.25, -0.2) is 0 Å². The third kappa shape index (κ3) is 3.50. The van der Waals surface area contributed by atoms with E-state index in [0.29, 0.717) is 18.1 Å². The first-order valence-corrected chi connectivity index (χ1v) is 8.16. The van der Waals surface area contributed by atoms with Crippen molar-refractivity contribution in [1.29, 1.82) is 0 Å². The maximum atomic E-state index is 5.91. The van der Waals surface area contributed by atoms with Gasteiger partial charge in [-0.3, -0.25) is 0 Å². The van der Waals surface area contributed by atoms with Crippen molar-refractivity contribution in [2.45, 2.75) is 51.7 Å². The summed E-state index contributed by atoms with van der Waals surface area (Å²) in [5.41, 5.74) is 2.72. The van der Waals surface area contributed by atoms with Crippen molar-refractivity contribution in [3.8, 4) is 11.5 Å². The van der Waals surface area contributed by atoms with Gasteiger partial charge < -0.3 is 9.47 Å². The van der Waals surface area contributed by atoms with E-state index in [-0.39, 0.29) is 0 Å². The molecule has 0 amide bonds. The van der Waals surface area contributed by atoms with Crippen molar-refractivity contribution in [2.75, 3.05) is 0 Å². The van der Waals surface area contributed by atoms with E-state index in [1.54, 1.807) is 0 Å². The van der Waals surface area contributed by atoms with Crippen LogP contribution in [0.3, 0.4) is 0 Å². The summed E-state index contributed by atoms with van der Waals surface area (Å²) in [6.07, 6.45) is 3.16. The molecule has 2 aromatic rings. The van der Waals surface area contributed by atoms with Crippen molar-refractivity contribution in [1.82, 2.24) is 0 Å². The van der Waals surface area contributed by atoms with E-state index >= 15 is 0 Å². The van der Waals surface area contributed by atoms with E-state index in [2.05, 4.69) is 39.0 Å². The molecule has 0 aromatic heterocycles. The van der Waals surface area contributed by atoms with Gasteiger partial charge in [0.25, 0.3) is 0 Å². The average molecular weight is 296 g/mol. The number of benzene rings is 2. The number of epoxide rings is 1. The molecule has 2 heteroatoms. The third-order valence-electron chi connectivity index (χ3n) is 4.51. The fourth-order valence-corrected chi connectivity index (χ4v) is 3.07. The highest BCUT2D eigenvalue weighted by Gasteiger charge is 2.36. The zero-order valence-electron chi connectivity index (χ0n) is 13.6. The molecule has 1 aliphatic heterocycles. The minimum absolute atomic E-state index is 0.440. The van der Waals surface area contributed by atoms with Crippen LogP contribution < -0.4 is 4.74 Å². The summed E-state index contributed by atoms with van der Waals surface area (Å²) >= 11 is 0. The highest BCUT2D eigenvalue weighted by Crippen LogP contribution is 2.36. The number of hydrogen-bond acceptors (Lipinski definition) is 2. The maximum Gasteiger partial charge on any atom is 0.127 e. The lowest BCUT2D eigenvalue weighted by Crippen LogP contribution is -2.05.